The fraction of sp³-hybridized carbons (Fsp3) is 0.419. The molecule has 455 valence electrons. The first-order chi connectivity index (χ1) is 36.4. The Morgan fingerprint density at radius 2 is 1.04 bits per heavy atom. The molecule has 19 heteroatoms. The summed E-state index contributed by atoms with van der Waals surface area (Å²) in [6.45, 7) is 27.0. The monoisotopic (exact) mass is 1330 g/mol. The topological polar surface area (TPSA) is 273 Å². The van der Waals surface area contributed by atoms with Gasteiger partial charge >= 0.3 is 11.9 Å². The van der Waals surface area contributed by atoms with E-state index in [0.717, 1.165) is 5.56 Å². The molecule has 5 aromatic carbocycles. The minimum absolute atomic E-state index is 0. The summed E-state index contributed by atoms with van der Waals surface area (Å²) in [6.07, 6.45) is -0.653. The molecule has 0 spiro atoms. The van der Waals surface area contributed by atoms with E-state index in [0.29, 0.717) is 57.6 Å². The van der Waals surface area contributed by atoms with Crippen molar-refractivity contribution in [3.05, 3.63) is 161 Å². The Bertz CT molecular complexity index is 2710. The van der Waals surface area contributed by atoms with Gasteiger partial charge in [-0.3, -0.25) is 28.9 Å². The normalized spacial score (nSPS) is 11.0. The summed E-state index contributed by atoms with van der Waals surface area (Å²) in [7, 11) is 0. The minimum Gasteiger partial charge on any atom is -0.508 e. The number of aromatic hydroxyl groups is 3. The Hall–Kier alpha value is -5.48. The van der Waals surface area contributed by atoms with Gasteiger partial charge in [-0.05, 0) is 147 Å². The molecule has 81 heavy (non-hydrogen) atoms. The maximum Gasteiger partial charge on any atom is 0.308 e. The van der Waals surface area contributed by atoms with E-state index >= 15 is 0 Å². The number of Topliss-reactive ketones (excluding diaryl/α,β-unsaturated/α-hetero) is 3. The van der Waals surface area contributed by atoms with E-state index in [1.54, 1.807) is 42.5 Å². The number of hydrogen-bond donors (Lipinski definition) is 9. The standard InChI is InChI=1S/C20H25NO3.C13H21NO3.C13H19NO3.C13H14O5.C2H6.CH3.HI.Rh.H2/c1-20(2,3)21(12-15-7-5-4-6-8-15)13-19(24)16-9-10-18(23)17(11-16)14-22;2*1-13(2,3)14-7-12(17)9-4-5-11(16)10(6-9)8-15;1-8(14)11-4-5-13(18-10(3)16)12(6-11)7-17-9(2)15;1-2;;;;/h4-11,22-23H,12-14H2,1-3H3;4-6,12,14-17H,7-8H2,1-3H3;4-6,14-16H,7-8H2,1-3H3;4-6H,7H2,1-3H3;1-2H3;1H3;1H;;1H/q;;;;;-1;;;/t;12-;;;;;;;/m.0......./s1. The number of halogens is 1. The van der Waals surface area contributed by atoms with Crippen LogP contribution in [0.1, 0.15) is 169 Å². The number of esters is 2. The zero-order valence-electron chi connectivity index (χ0n) is 49.7. The van der Waals surface area contributed by atoms with Crippen LogP contribution in [0.15, 0.2) is 103 Å². The van der Waals surface area contributed by atoms with Gasteiger partial charge in [0.25, 0.3) is 0 Å². The third-order valence-electron chi connectivity index (χ3n) is 11.1. The number of phenols is 3. The number of hydrogen-bond acceptors (Lipinski definition) is 17. The van der Waals surface area contributed by atoms with Gasteiger partial charge in [-0.15, -0.1) is 24.0 Å². The van der Waals surface area contributed by atoms with Crippen LogP contribution in [0.2, 0.25) is 0 Å². The van der Waals surface area contributed by atoms with Crippen LogP contribution in [0.5, 0.6) is 23.0 Å². The first-order valence-electron chi connectivity index (χ1n) is 25.6. The van der Waals surface area contributed by atoms with Crippen molar-refractivity contribution in [1.29, 1.82) is 0 Å². The van der Waals surface area contributed by atoms with Gasteiger partial charge < -0.3 is 63.3 Å². The van der Waals surface area contributed by atoms with E-state index in [4.69, 9.17) is 19.7 Å². The van der Waals surface area contributed by atoms with Crippen molar-refractivity contribution in [2.75, 3.05) is 19.6 Å². The van der Waals surface area contributed by atoms with Crippen molar-refractivity contribution in [2.24, 2.45) is 0 Å². The quantitative estimate of drug-likeness (QED) is 0.00985. The average molecular weight is 1330 g/mol. The van der Waals surface area contributed by atoms with Gasteiger partial charge in [-0.2, -0.15) is 0 Å². The van der Waals surface area contributed by atoms with Crippen LogP contribution < -0.4 is 15.4 Å². The molecule has 0 fully saturated rings. The molecule has 0 saturated carbocycles. The smallest absolute Gasteiger partial charge is 0.308 e. The summed E-state index contributed by atoms with van der Waals surface area (Å²) in [5, 5.41) is 72.0. The van der Waals surface area contributed by atoms with Crippen LogP contribution in [-0.4, -0.2) is 106 Å². The average Bonchev–Trinajstić information content (AvgIpc) is 3.37. The number of aliphatic hydroxyl groups is 4. The summed E-state index contributed by atoms with van der Waals surface area (Å²) < 4.78 is 9.81. The van der Waals surface area contributed by atoms with Gasteiger partial charge in [0, 0.05) is 103 Å². The summed E-state index contributed by atoms with van der Waals surface area (Å²) >= 11 is 0. The van der Waals surface area contributed by atoms with E-state index < -0.39 is 18.0 Å². The van der Waals surface area contributed by atoms with E-state index in [-0.39, 0.29) is 149 Å². The summed E-state index contributed by atoms with van der Waals surface area (Å²) in [6, 6.07) is 28.5. The van der Waals surface area contributed by atoms with Crippen molar-refractivity contribution < 1.29 is 90.1 Å². The van der Waals surface area contributed by atoms with Crippen LogP contribution in [0.3, 0.4) is 0 Å². The molecule has 9 N–H and O–H groups in total. The third kappa shape index (κ3) is 31.5. The number of carbonyl (C=O) groups excluding carboxylic acids is 5. The van der Waals surface area contributed by atoms with E-state index in [9.17, 15) is 49.5 Å². The predicted molar refractivity (Wildman–Crippen MR) is 326 cm³/mol. The molecule has 5 rings (SSSR count). The van der Waals surface area contributed by atoms with Crippen LogP contribution in [0.25, 0.3) is 0 Å². The molecular weight excluding hydrogens is 1240 g/mol. The van der Waals surface area contributed by atoms with Crippen LogP contribution in [0, 0.1) is 7.43 Å². The second-order valence-corrected chi connectivity index (χ2v) is 20.9. The Morgan fingerprint density at radius 3 is 1.47 bits per heavy atom. The number of benzene rings is 5. The number of carbonyl (C=O) groups is 5. The molecule has 1 atom stereocenters. The molecular formula is C62H91IN3O14Rh-. The number of ether oxygens (including phenoxy) is 2. The van der Waals surface area contributed by atoms with Gasteiger partial charge in [0.05, 0.1) is 39.0 Å². The number of nitrogens with one attached hydrogen (secondary N) is 2. The van der Waals surface area contributed by atoms with Crippen LogP contribution in [0.4, 0.5) is 0 Å². The summed E-state index contributed by atoms with van der Waals surface area (Å²) in [5.74, 6) is -0.787. The van der Waals surface area contributed by atoms with Gasteiger partial charge in [-0.25, -0.2) is 0 Å². The van der Waals surface area contributed by atoms with E-state index in [1.807, 2.05) is 85.7 Å². The zero-order chi connectivity index (χ0) is 59.6. The van der Waals surface area contributed by atoms with Gasteiger partial charge in [0.15, 0.2) is 17.3 Å². The van der Waals surface area contributed by atoms with Crippen LogP contribution >= 0.6 is 24.0 Å². The van der Waals surface area contributed by atoms with Crippen molar-refractivity contribution >= 4 is 53.3 Å². The molecule has 0 aliphatic carbocycles. The second kappa shape index (κ2) is 39.1. The van der Waals surface area contributed by atoms with Crippen molar-refractivity contribution in [3.8, 4) is 23.0 Å². The molecule has 0 bridgehead atoms. The molecule has 0 unspecified atom stereocenters. The number of aliphatic hydroxyl groups excluding tert-OH is 4. The number of rotatable bonds is 18. The second-order valence-electron chi connectivity index (χ2n) is 20.9. The Balaban J connectivity index is -0.000000487. The Morgan fingerprint density at radius 1 is 0.593 bits per heavy atom. The van der Waals surface area contributed by atoms with Crippen molar-refractivity contribution in [3.63, 3.8) is 0 Å². The molecule has 1 radical (unpaired) electrons. The van der Waals surface area contributed by atoms with Crippen molar-refractivity contribution in [2.45, 2.75) is 153 Å². The van der Waals surface area contributed by atoms with Gasteiger partial charge in [-0.1, -0.05) is 50.2 Å². The third-order valence-corrected chi connectivity index (χ3v) is 11.1. The maximum absolute atomic E-state index is 12.7. The van der Waals surface area contributed by atoms with Gasteiger partial charge in [0.1, 0.15) is 29.6 Å². The fourth-order valence-corrected chi connectivity index (χ4v) is 6.62. The summed E-state index contributed by atoms with van der Waals surface area (Å²) in [4.78, 5) is 59.6. The first kappa shape index (κ1) is 79.7. The van der Waals surface area contributed by atoms with E-state index in [1.165, 1.54) is 51.1 Å². The van der Waals surface area contributed by atoms with E-state index in [2.05, 4.69) is 36.3 Å². The van der Waals surface area contributed by atoms with Crippen molar-refractivity contribution in [1.82, 2.24) is 15.5 Å². The zero-order valence-corrected chi connectivity index (χ0v) is 53.7. The van der Waals surface area contributed by atoms with Gasteiger partial charge in [0.2, 0.25) is 0 Å². The Labute approximate surface area is 511 Å². The minimum atomic E-state index is -0.653. The molecule has 0 saturated heterocycles. The molecule has 0 aliphatic heterocycles. The fourth-order valence-electron chi connectivity index (χ4n) is 6.62. The molecule has 0 aromatic heterocycles. The van der Waals surface area contributed by atoms with Crippen LogP contribution in [-0.2, 0) is 66.8 Å². The maximum atomic E-state index is 12.7. The molecule has 0 heterocycles. The molecule has 0 aliphatic rings. The Kier molecular flexibility index (Phi) is 38.5. The SMILES string of the molecule is CC.CC(=O)OCc1cc(C(C)=O)ccc1OC(C)=O.CC(C)(C)N(CC(=O)c1ccc(O)c(CO)c1)Cc1ccccc1.CC(C)(C)NCC(=O)c1ccc(O)c(CO)c1.CC(C)(C)NC[C@H](O)c1ccc(O)c(CO)c1.I.[CH3-].[HH].[Rh]. The molecule has 5 aromatic rings. The molecule has 0 amide bonds. The largest absolute Gasteiger partial charge is 0.508 e. The first-order valence-corrected chi connectivity index (χ1v) is 25.6. The predicted octanol–water partition coefficient (Wildman–Crippen LogP) is 10.3. The number of ketones is 3. The number of β-amino-alcohol motifs (C(OH)–C–C–N with tert-alkyl or cyclic N) is 1. The molecule has 17 nitrogen and oxygen atoms in total. The number of nitrogens with zero attached hydrogens (tertiary/aromatic N) is 1. The summed E-state index contributed by atoms with van der Waals surface area (Å²) in [5.41, 5.74) is 4.59.